The Kier molecular flexibility index (Phi) is 5.46. The Morgan fingerprint density at radius 3 is 2.52 bits per heavy atom. The van der Waals surface area contributed by atoms with Gasteiger partial charge in [-0.15, -0.1) is 0 Å². The van der Waals surface area contributed by atoms with Crippen LogP contribution in [0.1, 0.15) is 41.6 Å². The van der Waals surface area contributed by atoms with Crippen LogP contribution >= 0.6 is 0 Å². The summed E-state index contributed by atoms with van der Waals surface area (Å²) in [6.45, 7) is 0. The number of urea groups is 1. The minimum absolute atomic E-state index is 0.0885. The highest BCUT2D eigenvalue weighted by atomic mass is 16.2. The van der Waals surface area contributed by atoms with E-state index in [2.05, 4.69) is 28.1 Å². The fraction of sp³-hybridized carbons (Fsp3) is 0.300. The van der Waals surface area contributed by atoms with Gasteiger partial charge in [-0.3, -0.25) is 15.4 Å². The van der Waals surface area contributed by atoms with Gasteiger partial charge in [0.1, 0.15) is 6.04 Å². The fourth-order valence-corrected chi connectivity index (χ4v) is 3.34. The van der Waals surface area contributed by atoms with Crippen LogP contribution in [-0.4, -0.2) is 19.0 Å². The zero-order valence-corrected chi connectivity index (χ0v) is 14.3. The molecule has 0 spiro atoms. The molecule has 2 aromatic rings. The molecule has 130 valence electrons. The van der Waals surface area contributed by atoms with Gasteiger partial charge in [0.2, 0.25) is 5.91 Å². The van der Waals surface area contributed by atoms with Gasteiger partial charge in [0.15, 0.2) is 0 Å². The number of carbonyl (C=O) groups is 2. The summed E-state index contributed by atoms with van der Waals surface area (Å²) in [6.07, 6.45) is 3.11. The molecular formula is C20H23N3O2. The first-order valence-corrected chi connectivity index (χ1v) is 8.60. The highest BCUT2D eigenvalue weighted by molar-refractivity contribution is 5.97. The highest BCUT2D eigenvalue weighted by Gasteiger charge is 2.28. The Bertz CT molecular complexity index is 746. The number of carbonyl (C=O) groups excluding carboxylic acids is 2. The summed E-state index contributed by atoms with van der Waals surface area (Å²) in [5.41, 5.74) is 3.40. The van der Waals surface area contributed by atoms with E-state index in [4.69, 9.17) is 0 Å². The van der Waals surface area contributed by atoms with Gasteiger partial charge in [0, 0.05) is 13.1 Å². The van der Waals surface area contributed by atoms with Gasteiger partial charge < -0.3 is 5.32 Å². The van der Waals surface area contributed by atoms with Crippen LogP contribution in [-0.2, 0) is 11.2 Å². The normalized spacial score (nSPS) is 17.2. The van der Waals surface area contributed by atoms with Crippen molar-refractivity contribution in [1.29, 1.82) is 0 Å². The second kappa shape index (κ2) is 7.94. The van der Waals surface area contributed by atoms with Gasteiger partial charge in [0.05, 0.1) is 0 Å². The standard InChI is InChI=1S/C20H23N3O2/c1-21-20(25)23-19(24)18(15-9-3-2-4-10-15)22-17-13-7-11-14-8-5-6-12-16(14)17/h2-6,8-10,12,17-18,22H,7,11,13H2,1H3,(H2,21,23,24,25)/t17-,18-/m0/s1. The summed E-state index contributed by atoms with van der Waals surface area (Å²) in [6, 6.07) is 16.8. The van der Waals surface area contributed by atoms with Crippen LogP contribution in [0.15, 0.2) is 54.6 Å². The van der Waals surface area contributed by atoms with Crippen molar-refractivity contribution in [3.63, 3.8) is 0 Å². The lowest BCUT2D eigenvalue weighted by Gasteiger charge is -2.30. The predicted molar refractivity (Wildman–Crippen MR) is 97.0 cm³/mol. The molecule has 0 bridgehead atoms. The number of benzene rings is 2. The van der Waals surface area contributed by atoms with Crippen LogP contribution in [0.5, 0.6) is 0 Å². The van der Waals surface area contributed by atoms with E-state index < -0.39 is 12.1 Å². The first-order chi connectivity index (χ1) is 12.2. The van der Waals surface area contributed by atoms with Crippen LogP contribution in [0.25, 0.3) is 0 Å². The van der Waals surface area contributed by atoms with Gasteiger partial charge in [-0.25, -0.2) is 4.79 Å². The molecule has 0 aliphatic heterocycles. The molecule has 0 unspecified atom stereocenters. The third-order valence-corrected chi connectivity index (χ3v) is 4.60. The molecule has 25 heavy (non-hydrogen) atoms. The van der Waals surface area contributed by atoms with Gasteiger partial charge in [-0.1, -0.05) is 54.6 Å². The molecule has 0 aromatic heterocycles. The smallest absolute Gasteiger partial charge is 0.321 e. The van der Waals surface area contributed by atoms with Gasteiger partial charge in [-0.2, -0.15) is 0 Å². The van der Waals surface area contributed by atoms with Crippen molar-refractivity contribution in [1.82, 2.24) is 16.0 Å². The van der Waals surface area contributed by atoms with Gasteiger partial charge in [-0.05, 0) is 36.0 Å². The molecule has 0 radical (unpaired) electrons. The van der Waals surface area contributed by atoms with E-state index >= 15 is 0 Å². The average Bonchev–Trinajstić information content (AvgIpc) is 2.66. The maximum atomic E-state index is 12.7. The number of aryl methyl sites for hydroxylation is 1. The molecule has 1 aliphatic rings. The monoisotopic (exact) mass is 337 g/mol. The Balaban J connectivity index is 1.86. The number of nitrogens with one attached hydrogen (secondary N) is 3. The van der Waals surface area contributed by atoms with Crippen molar-refractivity contribution < 1.29 is 9.59 Å². The van der Waals surface area contributed by atoms with Crippen LogP contribution in [0.3, 0.4) is 0 Å². The van der Waals surface area contributed by atoms with Crippen LogP contribution < -0.4 is 16.0 Å². The first-order valence-electron chi connectivity index (χ1n) is 8.60. The van der Waals surface area contributed by atoms with Crippen molar-refractivity contribution >= 4 is 11.9 Å². The molecule has 2 aromatic carbocycles. The SMILES string of the molecule is CNC(=O)NC(=O)[C@@H](N[C@H]1CCCc2ccccc21)c1ccccc1. The van der Waals surface area contributed by atoms with Crippen molar-refractivity contribution in [2.45, 2.75) is 31.3 Å². The summed E-state index contributed by atoms with van der Waals surface area (Å²) in [5, 5.41) is 8.28. The zero-order chi connectivity index (χ0) is 17.6. The van der Waals surface area contributed by atoms with E-state index in [0.29, 0.717) is 0 Å². The number of rotatable bonds is 4. The lowest BCUT2D eigenvalue weighted by molar-refractivity contribution is -0.122. The summed E-state index contributed by atoms with van der Waals surface area (Å²) >= 11 is 0. The minimum atomic E-state index is -0.588. The number of hydrogen-bond acceptors (Lipinski definition) is 3. The van der Waals surface area contributed by atoms with Crippen molar-refractivity contribution in [2.75, 3.05) is 7.05 Å². The highest BCUT2D eigenvalue weighted by Crippen LogP contribution is 2.31. The topological polar surface area (TPSA) is 70.2 Å². The molecule has 5 nitrogen and oxygen atoms in total. The number of imide groups is 1. The molecule has 0 heterocycles. The lowest BCUT2D eigenvalue weighted by Crippen LogP contribution is -2.45. The molecule has 2 atom stereocenters. The second-order valence-corrected chi connectivity index (χ2v) is 6.22. The molecule has 5 heteroatoms. The third kappa shape index (κ3) is 4.06. The zero-order valence-electron chi connectivity index (χ0n) is 14.3. The fourth-order valence-electron chi connectivity index (χ4n) is 3.34. The van der Waals surface area contributed by atoms with Crippen LogP contribution in [0, 0.1) is 0 Å². The Morgan fingerprint density at radius 1 is 1.04 bits per heavy atom. The molecule has 1 aliphatic carbocycles. The van der Waals surface area contributed by atoms with E-state index in [1.54, 1.807) is 0 Å². The summed E-state index contributed by atoms with van der Waals surface area (Å²) < 4.78 is 0. The summed E-state index contributed by atoms with van der Waals surface area (Å²) in [7, 11) is 1.49. The Hall–Kier alpha value is -2.66. The van der Waals surface area contributed by atoms with Crippen molar-refractivity contribution in [2.24, 2.45) is 0 Å². The van der Waals surface area contributed by atoms with Crippen molar-refractivity contribution in [3.8, 4) is 0 Å². The largest absolute Gasteiger partial charge is 0.341 e. The third-order valence-electron chi connectivity index (χ3n) is 4.60. The summed E-state index contributed by atoms with van der Waals surface area (Å²) in [4.78, 5) is 24.2. The predicted octanol–water partition coefficient (Wildman–Crippen LogP) is 2.85. The van der Waals surface area contributed by atoms with Crippen LogP contribution in [0.2, 0.25) is 0 Å². The summed E-state index contributed by atoms with van der Waals surface area (Å²) in [5.74, 6) is -0.353. The van der Waals surface area contributed by atoms with E-state index in [9.17, 15) is 9.59 Å². The number of amides is 3. The maximum absolute atomic E-state index is 12.7. The maximum Gasteiger partial charge on any atom is 0.321 e. The van der Waals surface area contributed by atoms with E-state index in [0.717, 1.165) is 24.8 Å². The molecular weight excluding hydrogens is 314 g/mol. The Labute approximate surface area is 147 Å². The Morgan fingerprint density at radius 2 is 1.76 bits per heavy atom. The lowest BCUT2D eigenvalue weighted by atomic mass is 9.87. The van der Waals surface area contributed by atoms with E-state index in [-0.39, 0.29) is 11.9 Å². The first kappa shape index (κ1) is 17.2. The van der Waals surface area contributed by atoms with Gasteiger partial charge in [0.25, 0.3) is 0 Å². The number of hydrogen-bond donors (Lipinski definition) is 3. The quantitative estimate of drug-likeness (QED) is 0.803. The van der Waals surface area contributed by atoms with E-state index in [1.807, 2.05) is 42.5 Å². The van der Waals surface area contributed by atoms with Crippen molar-refractivity contribution in [3.05, 3.63) is 71.3 Å². The average molecular weight is 337 g/mol. The molecule has 3 N–H and O–H groups in total. The molecule has 0 fully saturated rings. The molecule has 0 saturated heterocycles. The van der Waals surface area contributed by atoms with Gasteiger partial charge >= 0.3 is 6.03 Å². The molecule has 3 rings (SSSR count). The van der Waals surface area contributed by atoms with E-state index in [1.165, 1.54) is 18.2 Å². The molecule has 0 saturated carbocycles. The molecule has 3 amide bonds. The number of fused-ring (bicyclic) bond motifs is 1. The minimum Gasteiger partial charge on any atom is -0.341 e. The van der Waals surface area contributed by atoms with Crippen LogP contribution in [0.4, 0.5) is 4.79 Å². The second-order valence-electron chi connectivity index (χ2n) is 6.22.